The van der Waals surface area contributed by atoms with Gasteiger partial charge in [0.2, 0.25) is 6.10 Å². The van der Waals surface area contributed by atoms with Crippen LogP contribution < -0.4 is 10.1 Å². The van der Waals surface area contributed by atoms with Gasteiger partial charge in [0.1, 0.15) is 5.75 Å². The number of ether oxygens (including phenoxy) is 1. The van der Waals surface area contributed by atoms with E-state index in [1.807, 2.05) is 30.3 Å². The number of aromatic nitrogens is 2. The molecule has 1 aromatic heterocycles. The van der Waals surface area contributed by atoms with Crippen LogP contribution in [0.4, 0.5) is 5.69 Å². The van der Waals surface area contributed by atoms with Crippen LogP contribution in [0.1, 0.15) is 12.0 Å². The highest BCUT2D eigenvalue weighted by atomic mass is 16.6. The van der Waals surface area contributed by atoms with Crippen LogP contribution in [0.25, 0.3) is 0 Å². The van der Waals surface area contributed by atoms with Crippen molar-refractivity contribution in [1.82, 2.24) is 9.97 Å². The van der Waals surface area contributed by atoms with E-state index < -0.39 is 6.10 Å². The van der Waals surface area contributed by atoms with E-state index in [4.69, 9.17) is 9.57 Å². The van der Waals surface area contributed by atoms with Gasteiger partial charge in [-0.1, -0.05) is 41.6 Å². The summed E-state index contributed by atoms with van der Waals surface area (Å²) in [6, 6.07) is 18.6. The van der Waals surface area contributed by atoms with Crippen molar-refractivity contribution in [1.29, 1.82) is 0 Å². The number of amides is 1. The topological polar surface area (TPSA) is 85.7 Å². The highest BCUT2D eigenvalue weighted by molar-refractivity contribution is 6.06. The zero-order valence-electron chi connectivity index (χ0n) is 14.3. The van der Waals surface area contributed by atoms with Crippen molar-refractivity contribution in [3.8, 4) is 11.8 Å². The molecule has 0 fully saturated rings. The van der Waals surface area contributed by atoms with Gasteiger partial charge in [-0.05, 0) is 23.8 Å². The Balaban J connectivity index is 1.38. The van der Waals surface area contributed by atoms with Gasteiger partial charge in [-0.15, -0.1) is 0 Å². The quantitative estimate of drug-likeness (QED) is 0.754. The molecule has 4 rings (SSSR count). The minimum absolute atomic E-state index is 0.237. The smallest absolute Gasteiger partial charge is 0.321 e. The number of carbonyl (C=O) groups excluding carboxylic acids is 1. The van der Waals surface area contributed by atoms with Gasteiger partial charge in [0.25, 0.3) is 5.91 Å². The third-order valence-corrected chi connectivity index (χ3v) is 3.92. The van der Waals surface area contributed by atoms with Gasteiger partial charge in [-0.3, -0.25) is 4.79 Å². The number of rotatable bonds is 5. The van der Waals surface area contributed by atoms with E-state index in [0.29, 0.717) is 17.9 Å². The van der Waals surface area contributed by atoms with E-state index in [0.717, 1.165) is 11.3 Å². The van der Waals surface area contributed by atoms with E-state index in [9.17, 15) is 4.79 Å². The van der Waals surface area contributed by atoms with Gasteiger partial charge >= 0.3 is 6.01 Å². The molecule has 0 aliphatic carbocycles. The van der Waals surface area contributed by atoms with Crippen molar-refractivity contribution < 1.29 is 14.4 Å². The van der Waals surface area contributed by atoms with E-state index in [1.165, 1.54) is 0 Å². The molecule has 1 amide bonds. The van der Waals surface area contributed by atoms with Crippen LogP contribution in [-0.4, -0.2) is 27.7 Å². The highest BCUT2D eigenvalue weighted by Gasteiger charge is 2.28. The van der Waals surface area contributed by atoms with Crippen LogP contribution in [0.2, 0.25) is 0 Å². The molecule has 0 saturated carbocycles. The van der Waals surface area contributed by atoms with Crippen molar-refractivity contribution in [2.45, 2.75) is 12.5 Å². The van der Waals surface area contributed by atoms with Gasteiger partial charge < -0.3 is 14.9 Å². The normalized spacial score (nSPS) is 15.6. The zero-order valence-corrected chi connectivity index (χ0v) is 14.3. The molecule has 1 N–H and O–H groups in total. The monoisotopic (exact) mass is 360 g/mol. The summed E-state index contributed by atoms with van der Waals surface area (Å²) < 4.78 is 5.57. The second-order valence-corrected chi connectivity index (χ2v) is 5.85. The minimum atomic E-state index is -0.665. The summed E-state index contributed by atoms with van der Waals surface area (Å²) in [5, 5.41) is 6.86. The molecular weight excluding hydrogens is 344 g/mol. The summed E-state index contributed by atoms with van der Waals surface area (Å²) in [5.41, 5.74) is 2.30. The Hall–Kier alpha value is -3.74. The molecule has 27 heavy (non-hydrogen) atoms. The lowest BCUT2D eigenvalue weighted by Crippen LogP contribution is -2.28. The van der Waals surface area contributed by atoms with Crippen molar-refractivity contribution in [3.63, 3.8) is 0 Å². The van der Waals surface area contributed by atoms with Crippen molar-refractivity contribution in [2.24, 2.45) is 5.16 Å². The molecule has 0 bridgehead atoms. The van der Waals surface area contributed by atoms with Crippen LogP contribution in [-0.2, 0) is 9.63 Å². The SMILES string of the molecule is O=C(Nc1cccc(Oc2ncccn2)c1)[C@@H]1CC(c2ccccc2)=NO1. The van der Waals surface area contributed by atoms with Crippen molar-refractivity contribution in [2.75, 3.05) is 5.32 Å². The van der Waals surface area contributed by atoms with Crippen LogP contribution in [0.15, 0.2) is 78.2 Å². The van der Waals surface area contributed by atoms with Crippen molar-refractivity contribution >= 4 is 17.3 Å². The van der Waals surface area contributed by atoms with E-state index in [1.54, 1.807) is 42.7 Å². The van der Waals surface area contributed by atoms with Crippen LogP contribution in [0.3, 0.4) is 0 Å². The largest absolute Gasteiger partial charge is 0.424 e. The molecule has 2 heterocycles. The van der Waals surface area contributed by atoms with Gasteiger partial charge in [0.15, 0.2) is 0 Å². The lowest BCUT2D eigenvalue weighted by molar-refractivity contribution is -0.125. The molecule has 0 spiro atoms. The third-order valence-electron chi connectivity index (χ3n) is 3.92. The van der Waals surface area contributed by atoms with Gasteiger partial charge in [0.05, 0.1) is 5.71 Å². The van der Waals surface area contributed by atoms with Crippen LogP contribution in [0, 0.1) is 0 Å². The summed E-state index contributed by atoms with van der Waals surface area (Å²) in [7, 11) is 0. The number of hydrogen-bond donors (Lipinski definition) is 1. The number of nitrogens with one attached hydrogen (secondary N) is 1. The average Bonchev–Trinajstić information content (AvgIpc) is 3.20. The number of hydrogen-bond acceptors (Lipinski definition) is 6. The minimum Gasteiger partial charge on any atom is -0.424 e. The second-order valence-electron chi connectivity index (χ2n) is 5.85. The lowest BCUT2D eigenvalue weighted by atomic mass is 10.0. The fraction of sp³-hybridized carbons (Fsp3) is 0.100. The Morgan fingerprint density at radius 2 is 1.85 bits per heavy atom. The van der Waals surface area contributed by atoms with Gasteiger partial charge in [0, 0.05) is 30.6 Å². The predicted octanol–water partition coefficient (Wildman–Crippen LogP) is 3.40. The fourth-order valence-corrected chi connectivity index (χ4v) is 2.62. The summed E-state index contributed by atoms with van der Waals surface area (Å²) in [4.78, 5) is 25.8. The molecule has 2 aromatic carbocycles. The van der Waals surface area contributed by atoms with Gasteiger partial charge in [-0.25, -0.2) is 9.97 Å². The van der Waals surface area contributed by atoms with Crippen molar-refractivity contribution in [3.05, 3.63) is 78.6 Å². The summed E-state index contributed by atoms with van der Waals surface area (Å²) >= 11 is 0. The van der Waals surface area contributed by atoms with Crippen LogP contribution >= 0.6 is 0 Å². The number of benzene rings is 2. The Bertz CT molecular complexity index is 961. The summed E-state index contributed by atoms with van der Waals surface area (Å²) in [6.07, 6.45) is 2.94. The first-order chi connectivity index (χ1) is 13.3. The number of carbonyl (C=O) groups is 1. The molecule has 3 aromatic rings. The molecule has 7 nitrogen and oxygen atoms in total. The molecule has 1 aliphatic heterocycles. The maximum atomic E-state index is 12.5. The first-order valence-electron chi connectivity index (χ1n) is 8.42. The second kappa shape index (κ2) is 7.65. The molecule has 0 unspecified atom stereocenters. The third kappa shape index (κ3) is 4.09. The fourth-order valence-electron chi connectivity index (χ4n) is 2.62. The van der Waals surface area contributed by atoms with E-state index >= 15 is 0 Å². The maximum absolute atomic E-state index is 12.5. The summed E-state index contributed by atoms with van der Waals surface area (Å²) in [6.45, 7) is 0. The standard InChI is InChI=1S/C20H16N4O3/c25-19(18-13-17(24-27-18)14-6-2-1-3-7-14)23-15-8-4-9-16(12-15)26-20-21-10-5-11-22-20/h1-12,18H,13H2,(H,23,25)/t18-/m0/s1. The first kappa shape index (κ1) is 16.7. The van der Waals surface area contributed by atoms with Crippen LogP contribution in [0.5, 0.6) is 11.8 Å². The lowest BCUT2D eigenvalue weighted by Gasteiger charge is -2.10. The Labute approximate surface area is 155 Å². The molecule has 7 heteroatoms. The molecular formula is C20H16N4O3. The Kier molecular flexibility index (Phi) is 4.74. The Morgan fingerprint density at radius 1 is 1.04 bits per heavy atom. The first-order valence-corrected chi connectivity index (χ1v) is 8.42. The maximum Gasteiger partial charge on any atom is 0.321 e. The summed E-state index contributed by atoms with van der Waals surface area (Å²) in [5.74, 6) is 0.255. The average molecular weight is 360 g/mol. The predicted molar refractivity (Wildman–Crippen MR) is 99.6 cm³/mol. The van der Waals surface area contributed by atoms with Gasteiger partial charge in [-0.2, -0.15) is 0 Å². The molecule has 0 radical (unpaired) electrons. The van der Waals surface area contributed by atoms with E-state index in [2.05, 4.69) is 20.4 Å². The molecule has 1 atom stereocenters. The highest BCUT2D eigenvalue weighted by Crippen LogP contribution is 2.23. The number of oxime groups is 1. The Morgan fingerprint density at radius 3 is 2.67 bits per heavy atom. The number of anilines is 1. The van der Waals surface area contributed by atoms with E-state index in [-0.39, 0.29) is 11.9 Å². The zero-order chi connectivity index (χ0) is 18.5. The molecule has 0 saturated heterocycles. The molecule has 134 valence electrons. The molecule has 1 aliphatic rings. The number of nitrogens with zero attached hydrogens (tertiary/aromatic N) is 3.